The van der Waals surface area contributed by atoms with Gasteiger partial charge in [0, 0.05) is 5.75 Å². The van der Waals surface area contributed by atoms with Gasteiger partial charge in [0.25, 0.3) is 0 Å². The molecule has 0 aromatic rings. The minimum absolute atomic E-state index is 0.00484. The van der Waals surface area contributed by atoms with E-state index in [1.807, 2.05) is 5.32 Å². The lowest BCUT2D eigenvalue weighted by molar-refractivity contribution is -0.148. The van der Waals surface area contributed by atoms with Crippen molar-refractivity contribution in [1.29, 1.82) is 0 Å². The fraction of sp³-hybridized carbons (Fsp3) is 0.647. The van der Waals surface area contributed by atoms with Crippen molar-refractivity contribution in [2.45, 2.75) is 57.3 Å². The monoisotopic (exact) mass is 464 g/mol. The highest BCUT2D eigenvalue weighted by atomic mass is 32.1. The third kappa shape index (κ3) is 10.1. The Bertz CT molecular complexity index is 703. The number of carbonyl (C=O) groups excluding carboxylic acids is 3. The van der Waals surface area contributed by atoms with Crippen LogP contribution >= 0.6 is 12.6 Å². The second-order valence-corrected chi connectivity index (χ2v) is 7.18. The van der Waals surface area contributed by atoms with Gasteiger partial charge in [-0.1, -0.05) is 20.3 Å². The zero-order chi connectivity index (χ0) is 24.3. The molecule has 0 saturated heterocycles. The summed E-state index contributed by atoms with van der Waals surface area (Å²) in [6.07, 6.45) is -1.43. The molecule has 0 aromatic heterocycles. The molecule has 0 aliphatic heterocycles. The van der Waals surface area contributed by atoms with Gasteiger partial charge in [-0.25, -0.2) is 4.79 Å². The fourth-order valence-electron chi connectivity index (χ4n) is 2.34. The normalized spacial score (nSPS) is 15.5. The average Bonchev–Trinajstić information content (AvgIpc) is 2.68. The molecule has 0 spiro atoms. The van der Waals surface area contributed by atoms with Crippen LogP contribution in [-0.2, 0) is 28.8 Å². The van der Waals surface area contributed by atoms with Gasteiger partial charge in [0.15, 0.2) is 0 Å². The number of hydrogen-bond acceptors (Lipinski definition) is 8. The van der Waals surface area contributed by atoms with Crippen molar-refractivity contribution >= 4 is 48.3 Å². The molecular weight excluding hydrogens is 436 g/mol. The van der Waals surface area contributed by atoms with Gasteiger partial charge in [-0.2, -0.15) is 12.6 Å². The van der Waals surface area contributed by atoms with Gasteiger partial charge >= 0.3 is 17.9 Å². The molecule has 14 heteroatoms. The van der Waals surface area contributed by atoms with Crippen LogP contribution in [0.3, 0.4) is 0 Å². The molecule has 0 rings (SSSR count). The van der Waals surface area contributed by atoms with Crippen LogP contribution in [0.15, 0.2) is 0 Å². The van der Waals surface area contributed by atoms with E-state index in [4.69, 9.17) is 21.1 Å². The summed E-state index contributed by atoms with van der Waals surface area (Å²) < 4.78 is 0. The van der Waals surface area contributed by atoms with Gasteiger partial charge in [-0.05, 0) is 5.92 Å². The summed E-state index contributed by atoms with van der Waals surface area (Å²) in [7, 11) is 0. The maximum Gasteiger partial charge on any atom is 0.326 e. The summed E-state index contributed by atoms with van der Waals surface area (Å²) in [6, 6.07) is -5.73. The highest BCUT2D eigenvalue weighted by Gasteiger charge is 2.33. The zero-order valence-corrected chi connectivity index (χ0v) is 17.9. The fourth-order valence-corrected chi connectivity index (χ4v) is 2.50. The Morgan fingerprint density at radius 1 is 0.839 bits per heavy atom. The molecule has 0 radical (unpaired) electrons. The van der Waals surface area contributed by atoms with Crippen LogP contribution in [-0.4, -0.2) is 80.9 Å². The Morgan fingerprint density at radius 3 is 1.74 bits per heavy atom. The number of nitrogens with two attached hydrogens (primary N) is 1. The van der Waals surface area contributed by atoms with Crippen molar-refractivity contribution in [3.63, 3.8) is 0 Å². The van der Waals surface area contributed by atoms with Crippen LogP contribution in [0, 0.1) is 5.92 Å². The molecule has 0 aliphatic carbocycles. The third-order valence-electron chi connectivity index (χ3n) is 4.33. The maximum absolute atomic E-state index is 12.7. The van der Waals surface area contributed by atoms with E-state index in [0.717, 1.165) is 0 Å². The first-order valence-electron chi connectivity index (χ1n) is 9.27. The largest absolute Gasteiger partial charge is 0.481 e. The summed E-state index contributed by atoms with van der Waals surface area (Å²) in [5.74, 6) is -7.83. The van der Waals surface area contributed by atoms with Crippen molar-refractivity contribution in [3.05, 3.63) is 0 Å². The van der Waals surface area contributed by atoms with E-state index in [1.54, 1.807) is 13.8 Å². The number of carboxylic acids is 3. The number of aliphatic carboxylic acids is 3. The predicted octanol–water partition coefficient (Wildman–Crippen LogP) is -2.22. The Morgan fingerprint density at radius 2 is 1.32 bits per heavy atom. The van der Waals surface area contributed by atoms with Crippen molar-refractivity contribution in [1.82, 2.24) is 16.0 Å². The van der Waals surface area contributed by atoms with Crippen molar-refractivity contribution in [2.24, 2.45) is 11.7 Å². The van der Waals surface area contributed by atoms with Gasteiger partial charge in [-0.3, -0.25) is 24.0 Å². The van der Waals surface area contributed by atoms with E-state index < -0.39 is 78.6 Å². The number of carboxylic acid groups (broad SMARTS) is 3. The van der Waals surface area contributed by atoms with Crippen LogP contribution in [0.1, 0.15) is 33.1 Å². The topological polar surface area (TPSA) is 225 Å². The summed E-state index contributed by atoms with van der Waals surface area (Å²) in [5, 5.41) is 33.3. The van der Waals surface area contributed by atoms with Crippen LogP contribution in [0.2, 0.25) is 0 Å². The molecule has 3 amide bonds. The molecule has 0 aliphatic rings. The number of rotatable bonds is 14. The highest BCUT2D eigenvalue weighted by Crippen LogP contribution is 2.10. The first kappa shape index (κ1) is 28.1. The van der Waals surface area contributed by atoms with Gasteiger partial charge in [0.05, 0.1) is 18.9 Å². The lowest BCUT2D eigenvalue weighted by Crippen LogP contribution is -2.59. The first-order chi connectivity index (χ1) is 14.3. The summed E-state index contributed by atoms with van der Waals surface area (Å²) >= 11 is 3.90. The van der Waals surface area contributed by atoms with Crippen molar-refractivity contribution < 1.29 is 44.1 Å². The summed E-state index contributed by atoms with van der Waals surface area (Å²) in [5.41, 5.74) is 5.58. The molecule has 8 N–H and O–H groups in total. The SMILES string of the molecule is CCC(C)C(NC(=O)C(N)CS)C(=O)NC(CC(=O)O)C(=O)NC(CC(=O)O)C(=O)O. The zero-order valence-electron chi connectivity index (χ0n) is 17.0. The number of amides is 3. The van der Waals surface area contributed by atoms with Crippen molar-refractivity contribution in [2.75, 3.05) is 5.75 Å². The lowest BCUT2D eigenvalue weighted by atomic mass is 9.97. The third-order valence-corrected chi connectivity index (χ3v) is 4.73. The van der Waals surface area contributed by atoms with E-state index in [-0.39, 0.29) is 5.75 Å². The minimum atomic E-state index is -1.84. The van der Waals surface area contributed by atoms with E-state index in [0.29, 0.717) is 6.42 Å². The summed E-state index contributed by atoms with van der Waals surface area (Å²) in [6.45, 7) is 3.37. The lowest BCUT2D eigenvalue weighted by Gasteiger charge is -2.27. The first-order valence-corrected chi connectivity index (χ1v) is 9.91. The molecule has 0 aromatic carbocycles. The van der Waals surface area contributed by atoms with Crippen LogP contribution in [0.5, 0.6) is 0 Å². The second-order valence-electron chi connectivity index (χ2n) is 6.82. The maximum atomic E-state index is 12.7. The Kier molecular flexibility index (Phi) is 12.2. The van der Waals surface area contributed by atoms with E-state index in [9.17, 15) is 28.8 Å². The summed E-state index contributed by atoms with van der Waals surface area (Å²) in [4.78, 5) is 70.2. The molecule has 5 atom stereocenters. The molecular formula is C17H28N4O9S. The number of thiol groups is 1. The Labute approximate surface area is 183 Å². The molecule has 0 bridgehead atoms. The van der Waals surface area contributed by atoms with Gasteiger partial charge in [0.1, 0.15) is 18.1 Å². The van der Waals surface area contributed by atoms with Gasteiger partial charge in [0.2, 0.25) is 17.7 Å². The number of hydrogen-bond donors (Lipinski definition) is 8. The van der Waals surface area contributed by atoms with Crippen LogP contribution in [0.4, 0.5) is 0 Å². The van der Waals surface area contributed by atoms with E-state index in [1.165, 1.54) is 0 Å². The van der Waals surface area contributed by atoms with Gasteiger partial charge in [-0.15, -0.1) is 0 Å². The molecule has 5 unspecified atom stereocenters. The molecule has 13 nitrogen and oxygen atoms in total. The average molecular weight is 464 g/mol. The Balaban J connectivity index is 5.56. The van der Waals surface area contributed by atoms with Crippen molar-refractivity contribution in [3.8, 4) is 0 Å². The van der Waals surface area contributed by atoms with Crippen LogP contribution < -0.4 is 21.7 Å². The van der Waals surface area contributed by atoms with Crippen LogP contribution in [0.25, 0.3) is 0 Å². The predicted molar refractivity (Wildman–Crippen MR) is 109 cm³/mol. The standard InChI is InChI=1S/C17H28N4O9S/c1-3-7(2)13(21-14(26)8(18)6-31)16(28)19-9(4-11(22)23)15(27)20-10(17(29)30)5-12(24)25/h7-10,13,31H,3-6,18H2,1-2H3,(H,19,28)(H,20,27)(H,21,26)(H,22,23)(H,24,25)(H,29,30). The van der Waals surface area contributed by atoms with E-state index >= 15 is 0 Å². The molecule has 0 saturated carbocycles. The van der Waals surface area contributed by atoms with E-state index in [2.05, 4.69) is 23.3 Å². The number of carbonyl (C=O) groups is 6. The van der Waals surface area contributed by atoms with Gasteiger partial charge < -0.3 is 37.0 Å². The quantitative estimate of drug-likeness (QED) is 0.129. The molecule has 0 heterocycles. The Hall–Kier alpha value is -2.87. The smallest absolute Gasteiger partial charge is 0.326 e. The molecule has 31 heavy (non-hydrogen) atoms. The minimum Gasteiger partial charge on any atom is -0.481 e. The highest BCUT2D eigenvalue weighted by molar-refractivity contribution is 7.80. The second kappa shape index (κ2) is 13.4. The molecule has 0 fully saturated rings. The number of nitrogens with one attached hydrogen (secondary N) is 3. The molecule has 176 valence electrons.